The maximum Gasteiger partial charge on any atom is 0.311 e. The summed E-state index contributed by atoms with van der Waals surface area (Å²) in [6.45, 7) is 24.7. The van der Waals surface area contributed by atoms with E-state index < -0.39 is 71.9 Å². The Balaban J connectivity index is 1.64. The third-order valence-electron chi connectivity index (χ3n) is 12.6. The number of pyridine rings is 1. The number of benzene rings is 1. The number of hydrogen-bond acceptors (Lipinski definition) is 12. The number of para-hydroxylation sites is 1. The maximum absolute atomic E-state index is 14.5. The molecule has 1 aromatic carbocycles. The van der Waals surface area contributed by atoms with Gasteiger partial charge >= 0.3 is 5.97 Å². The molecule has 0 saturated carbocycles. The Morgan fingerprint density at radius 1 is 1.14 bits per heavy atom. The monoisotopic (exact) mass is 796 g/mol. The van der Waals surface area contributed by atoms with Crippen LogP contribution in [0, 0.1) is 17.8 Å². The van der Waals surface area contributed by atoms with Crippen LogP contribution in [0.5, 0.6) is 0 Å². The number of esters is 1. The first-order valence-electron chi connectivity index (χ1n) is 20.7. The van der Waals surface area contributed by atoms with Gasteiger partial charge in [0.05, 0.1) is 48.1 Å². The average Bonchev–Trinajstić information content (AvgIpc) is 3.14. The first-order valence-corrected chi connectivity index (χ1v) is 20.7. The summed E-state index contributed by atoms with van der Waals surface area (Å²) in [4.78, 5) is 23.4. The van der Waals surface area contributed by atoms with Gasteiger partial charge in [-0.05, 0) is 91.6 Å². The van der Waals surface area contributed by atoms with E-state index in [-0.39, 0.29) is 37.1 Å². The predicted octanol–water partition coefficient (Wildman–Crippen LogP) is 5.44. The number of hydrogen-bond donors (Lipinski definition) is 3. The molecule has 3 aliphatic rings. The number of cyclic esters (lactones) is 1. The third-order valence-corrected chi connectivity index (χ3v) is 12.6. The molecule has 3 aliphatic heterocycles. The number of ether oxygens (including phenoxy) is 5. The highest BCUT2D eigenvalue weighted by atomic mass is 16.7. The van der Waals surface area contributed by atoms with Gasteiger partial charge < -0.3 is 43.9 Å². The molecule has 4 heterocycles. The third kappa shape index (κ3) is 10.2. The van der Waals surface area contributed by atoms with Crippen molar-refractivity contribution in [2.24, 2.45) is 17.8 Å². The van der Waals surface area contributed by atoms with Crippen LogP contribution in [0.25, 0.3) is 10.9 Å². The average molecular weight is 796 g/mol. The standard InChI is InChI=1S/C45H69N3O9/c1-13-36(33-20-32-17-15-16-18-34(32)46-22-33)55-39-30(7)41(57-43-38(49)35(47(11)12)19-29(6)54-43)44(9,51)21-28(5)48-23-26(3)25-53-40(27(4)24-48)45(10,52)37(14-2)56-42(50)31(39)8/h13,15-18,20,22,27-31,35-41,43,49,51-52H,1,3,14,19,21,23-25H2,2,4-12H3/t27-,28+,29+,30-,31+,35-,36?,37+,38+,39-,40+,41+,43-,44+,45+/m0/s1. The lowest BCUT2D eigenvalue weighted by Crippen LogP contribution is -2.60. The predicted molar refractivity (Wildman–Crippen MR) is 220 cm³/mol. The van der Waals surface area contributed by atoms with Crippen LogP contribution in [0.2, 0.25) is 0 Å². The molecule has 3 N–H and O–H groups in total. The summed E-state index contributed by atoms with van der Waals surface area (Å²) in [7, 11) is 3.83. The lowest BCUT2D eigenvalue weighted by molar-refractivity contribution is -0.300. The SMILES string of the molecule is C=CC(O[C@H]1[C@H](C)[C@@H](O[C@@H]2O[C@H](C)C[C@H](N(C)C)[C@H]2O)[C@](C)(O)C[C@@H](C)N2CC(=C)CO[C@H]([C@@H](C)C2)[C@](C)(O)[C@@H](CC)OC(=O)[C@@H]1C)c1cnc2ccccc2c1. The van der Waals surface area contributed by atoms with E-state index in [2.05, 4.69) is 30.0 Å². The minimum absolute atomic E-state index is 0.183. The van der Waals surface area contributed by atoms with Crippen molar-refractivity contribution in [3.05, 3.63) is 66.9 Å². The van der Waals surface area contributed by atoms with Gasteiger partial charge in [0.15, 0.2) is 6.29 Å². The van der Waals surface area contributed by atoms with E-state index in [0.29, 0.717) is 25.9 Å². The zero-order valence-electron chi connectivity index (χ0n) is 35.8. The number of carbonyl (C=O) groups is 1. The zero-order chi connectivity index (χ0) is 42.0. The van der Waals surface area contributed by atoms with E-state index in [1.807, 2.05) is 77.0 Å². The molecule has 0 radical (unpaired) electrons. The molecule has 12 heteroatoms. The first kappa shape index (κ1) is 45.3. The minimum Gasteiger partial charge on any atom is -0.459 e. The van der Waals surface area contributed by atoms with Gasteiger partial charge in [-0.25, -0.2) is 0 Å². The molecule has 16 atom stereocenters. The molecule has 2 bridgehead atoms. The Bertz CT molecular complexity index is 1680. The Hall–Kier alpha value is -2.78. The number of aliphatic hydroxyl groups is 3. The highest BCUT2D eigenvalue weighted by molar-refractivity contribution is 5.79. The molecule has 318 valence electrons. The van der Waals surface area contributed by atoms with E-state index in [1.54, 1.807) is 33.0 Å². The van der Waals surface area contributed by atoms with Crippen LogP contribution in [0.3, 0.4) is 0 Å². The Kier molecular flexibility index (Phi) is 14.8. The van der Waals surface area contributed by atoms with Crippen LogP contribution in [-0.4, -0.2) is 136 Å². The van der Waals surface area contributed by atoms with Gasteiger partial charge in [-0.2, -0.15) is 0 Å². The summed E-state index contributed by atoms with van der Waals surface area (Å²) >= 11 is 0. The normalized spacial score (nSPS) is 40.8. The number of nitrogens with zero attached hydrogens (tertiary/aromatic N) is 3. The molecule has 0 spiro atoms. The van der Waals surface area contributed by atoms with E-state index in [0.717, 1.165) is 22.0 Å². The number of likely N-dealkylation sites (N-methyl/N-ethyl adjacent to an activating group) is 1. The molecule has 12 nitrogen and oxygen atoms in total. The summed E-state index contributed by atoms with van der Waals surface area (Å²) in [6.07, 6.45) is -2.02. The number of carbonyl (C=O) groups excluding carboxylic acids is 1. The van der Waals surface area contributed by atoms with Gasteiger partial charge in [0.1, 0.15) is 23.9 Å². The fourth-order valence-corrected chi connectivity index (χ4v) is 9.53. The zero-order valence-corrected chi connectivity index (χ0v) is 35.8. The van der Waals surface area contributed by atoms with Crippen molar-refractivity contribution in [1.82, 2.24) is 14.8 Å². The van der Waals surface area contributed by atoms with E-state index in [9.17, 15) is 20.1 Å². The second-order valence-electron chi connectivity index (χ2n) is 17.9. The molecule has 0 aliphatic carbocycles. The van der Waals surface area contributed by atoms with Crippen LogP contribution in [-0.2, 0) is 28.5 Å². The fraction of sp³-hybridized carbons (Fsp3) is 0.689. The number of fused-ring (bicyclic) bond motifs is 4. The Morgan fingerprint density at radius 2 is 1.84 bits per heavy atom. The van der Waals surface area contributed by atoms with E-state index >= 15 is 0 Å². The summed E-state index contributed by atoms with van der Waals surface area (Å²) in [6, 6.07) is 9.32. The highest BCUT2D eigenvalue weighted by Gasteiger charge is 2.51. The van der Waals surface area contributed by atoms with Gasteiger partial charge in [-0.3, -0.25) is 14.7 Å². The van der Waals surface area contributed by atoms with Crippen LogP contribution >= 0.6 is 0 Å². The summed E-state index contributed by atoms with van der Waals surface area (Å²) in [5.41, 5.74) is -0.710. The lowest BCUT2D eigenvalue weighted by atomic mass is 9.78. The van der Waals surface area contributed by atoms with E-state index in [1.165, 1.54) is 0 Å². The Morgan fingerprint density at radius 3 is 2.51 bits per heavy atom. The van der Waals surface area contributed by atoms with E-state index in [4.69, 9.17) is 23.7 Å². The van der Waals surface area contributed by atoms with Crippen molar-refractivity contribution < 1.29 is 43.8 Å². The maximum atomic E-state index is 14.5. The van der Waals surface area contributed by atoms with Crippen LogP contribution in [0.15, 0.2) is 61.3 Å². The molecule has 3 fully saturated rings. The smallest absolute Gasteiger partial charge is 0.311 e. The molecule has 2 aromatic rings. The van der Waals surface area contributed by atoms with Crippen molar-refractivity contribution in [1.29, 1.82) is 0 Å². The van der Waals surface area contributed by atoms with Crippen molar-refractivity contribution >= 4 is 16.9 Å². The van der Waals surface area contributed by atoms with Crippen molar-refractivity contribution in [2.45, 2.75) is 147 Å². The quantitative estimate of drug-likeness (QED) is 0.231. The molecule has 3 saturated heterocycles. The van der Waals surface area contributed by atoms with Crippen LogP contribution in [0.4, 0.5) is 0 Å². The van der Waals surface area contributed by atoms with Gasteiger partial charge in [-0.1, -0.05) is 51.6 Å². The van der Waals surface area contributed by atoms with Crippen LogP contribution < -0.4 is 0 Å². The van der Waals surface area contributed by atoms with Crippen molar-refractivity contribution in [2.75, 3.05) is 33.8 Å². The largest absolute Gasteiger partial charge is 0.459 e. The van der Waals surface area contributed by atoms with Crippen molar-refractivity contribution in [3.8, 4) is 0 Å². The van der Waals surface area contributed by atoms with Gasteiger partial charge in [0.2, 0.25) is 0 Å². The molecular formula is C45H69N3O9. The van der Waals surface area contributed by atoms with Gasteiger partial charge in [0.25, 0.3) is 0 Å². The molecule has 1 aromatic heterocycles. The summed E-state index contributed by atoms with van der Waals surface area (Å²) in [5, 5.41) is 37.7. The lowest BCUT2D eigenvalue weighted by Gasteiger charge is -2.48. The molecule has 5 rings (SSSR count). The van der Waals surface area contributed by atoms with Gasteiger partial charge in [0, 0.05) is 48.2 Å². The van der Waals surface area contributed by atoms with Crippen LogP contribution in [0.1, 0.15) is 86.3 Å². The van der Waals surface area contributed by atoms with Gasteiger partial charge in [-0.15, -0.1) is 6.58 Å². The number of rotatable bonds is 8. The topological polar surface area (TPSA) is 143 Å². The summed E-state index contributed by atoms with van der Waals surface area (Å²) in [5.74, 6) is -2.40. The molecule has 57 heavy (non-hydrogen) atoms. The number of aromatic nitrogens is 1. The second kappa shape index (κ2) is 18.6. The molecular weight excluding hydrogens is 727 g/mol. The molecule has 0 amide bonds. The Labute approximate surface area is 340 Å². The number of aliphatic hydroxyl groups excluding tert-OH is 1. The van der Waals surface area contributed by atoms with Crippen molar-refractivity contribution in [3.63, 3.8) is 0 Å². The minimum atomic E-state index is -1.55. The fourth-order valence-electron chi connectivity index (χ4n) is 9.53. The first-order chi connectivity index (χ1) is 26.8. The molecule has 2 unspecified atom stereocenters. The second-order valence-corrected chi connectivity index (χ2v) is 17.9. The highest BCUT2D eigenvalue weighted by Crippen LogP contribution is 2.40. The summed E-state index contributed by atoms with van der Waals surface area (Å²) < 4.78 is 32.8.